The van der Waals surface area contributed by atoms with Gasteiger partial charge in [0, 0.05) is 26.1 Å². The molecular weight excluding hydrogens is 328 g/mol. The number of carbonyl (C=O) groups excluding carboxylic acids is 1. The highest BCUT2D eigenvalue weighted by Gasteiger charge is 2.53. The molecule has 1 spiro atoms. The van der Waals surface area contributed by atoms with Crippen LogP contribution < -0.4 is 4.74 Å². The number of rotatable bonds is 4. The van der Waals surface area contributed by atoms with Crippen LogP contribution in [0.1, 0.15) is 42.1 Å². The number of nitrogens with zero attached hydrogens (tertiary/aromatic N) is 4. The Kier molecular flexibility index (Phi) is 4.21. The molecule has 1 aliphatic carbocycles. The van der Waals surface area contributed by atoms with E-state index in [9.17, 15) is 4.79 Å². The van der Waals surface area contributed by atoms with Crippen LogP contribution >= 0.6 is 0 Å². The Labute approximate surface area is 154 Å². The van der Waals surface area contributed by atoms with Gasteiger partial charge in [-0.15, -0.1) is 10.2 Å². The zero-order chi connectivity index (χ0) is 18.3. The van der Waals surface area contributed by atoms with Crippen LogP contribution in [0.3, 0.4) is 0 Å². The van der Waals surface area contributed by atoms with Crippen LogP contribution in [-0.2, 0) is 11.8 Å². The van der Waals surface area contributed by atoms with Gasteiger partial charge in [0.15, 0.2) is 6.61 Å². The maximum absolute atomic E-state index is 12.8. The van der Waals surface area contributed by atoms with Crippen LogP contribution in [0.15, 0.2) is 24.5 Å². The van der Waals surface area contributed by atoms with Crippen molar-refractivity contribution in [3.8, 4) is 5.75 Å². The molecule has 1 aliphatic heterocycles. The van der Waals surface area contributed by atoms with Gasteiger partial charge in [0.1, 0.15) is 17.9 Å². The van der Waals surface area contributed by atoms with Crippen molar-refractivity contribution in [2.75, 3.05) is 19.7 Å². The molecule has 0 bridgehead atoms. The Bertz CT molecular complexity index is 825. The minimum Gasteiger partial charge on any atom is -0.483 e. The van der Waals surface area contributed by atoms with Gasteiger partial charge in [0.25, 0.3) is 5.91 Å². The van der Waals surface area contributed by atoms with Gasteiger partial charge in [-0.25, -0.2) is 0 Å². The normalized spacial score (nSPS) is 21.0. The fourth-order valence-corrected chi connectivity index (χ4v) is 4.35. The minimum absolute atomic E-state index is 0.0573. The van der Waals surface area contributed by atoms with Gasteiger partial charge in [-0.05, 0) is 49.3 Å². The molecule has 2 fully saturated rings. The van der Waals surface area contributed by atoms with Crippen LogP contribution in [0.5, 0.6) is 5.75 Å². The highest BCUT2D eigenvalue weighted by Crippen LogP contribution is 2.55. The zero-order valence-electron chi connectivity index (χ0n) is 15.7. The first-order valence-electron chi connectivity index (χ1n) is 9.30. The maximum atomic E-state index is 12.8. The lowest BCUT2D eigenvalue weighted by Gasteiger charge is -2.42. The molecule has 1 unspecified atom stereocenters. The number of aryl methyl sites for hydroxylation is 3. The van der Waals surface area contributed by atoms with Crippen molar-refractivity contribution in [1.29, 1.82) is 0 Å². The number of hydrogen-bond acceptors (Lipinski definition) is 4. The van der Waals surface area contributed by atoms with E-state index in [1.807, 2.05) is 42.5 Å². The lowest BCUT2D eigenvalue weighted by Crippen LogP contribution is -2.39. The number of amides is 1. The predicted octanol–water partition coefficient (Wildman–Crippen LogP) is 2.61. The largest absolute Gasteiger partial charge is 0.483 e. The van der Waals surface area contributed by atoms with Crippen molar-refractivity contribution >= 4 is 5.91 Å². The molecule has 1 saturated carbocycles. The summed E-state index contributed by atoms with van der Waals surface area (Å²) in [6.07, 6.45) is 5.30. The first-order valence-corrected chi connectivity index (χ1v) is 9.30. The standard InChI is InChI=1S/C20H26N4O2/c1-14-5-6-15(2)17(9-14)26-11-18(25)24-10-16(19-22-21-13-23(19)3)20(12-24)7-4-8-20/h5-6,9,13,16H,4,7-8,10-12H2,1-3H3. The fourth-order valence-electron chi connectivity index (χ4n) is 4.35. The molecule has 2 heterocycles. The Hall–Kier alpha value is -2.37. The molecule has 1 aromatic heterocycles. The van der Waals surface area contributed by atoms with E-state index in [0.29, 0.717) is 6.54 Å². The van der Waals surface area contributed by atoms with Gasteiger partial charge in [-0.1, -0.05) is 18.6 Å². The smallest absolute Gasteiger partial charge is 0.260 e. The molecular formula is C20H26N4O2. The predicted molar refractivity (Wildman–Crippen MR) is 98.0 cm³/mol. The minimum atomic E-state index is 0.0573. The van der Waals surface area contributed by atoms with Crippen molar-refractivity contribution < 1.29 is 9.53 Å². The molecule has 6 heteroatoms. The monoisotopic (exact) mass is 354 g/mol. The molecule has 2 aliphatic rings. The quantitative estimate of drug-likeness (QED) is 0.847. The molecule has 0 N–H and O–H groups in total. The summed E-state index contributed by atoms with van der Waals surface area (Å²) in [4.78, 5) is 14.8. The molecule has 1 atom stereocenters. The Morgan fingerprint density at radius 1 is 1.35 bits per heavy atom. The van der Waals surface area contributed by atoms with Crippen LogP contribution in [-0.4, -0.2) is 45.3 Å². The number of hydrogen-bond donors (Lipinski definition) is 0. The molecule has 1 aromatic carbocycles. The Morgan fingerprint density at radius 2 is 2.15 bits per heavy atom. The van der Waals surface area contributed by atoms with Crippen molar-refractivity contribution in [2.24, 2.45) is 12.5 Å². The number of likely N-dealkylation sites (tertiary alicyclic amines) is 1. The number of ether oxygens (including phenoxy) is 1. The summed E-state index contributed by atoms with van der Waals surface area (Å²) in [5, 5.41) is 8.37. The summed E-state index contributed by atoms with van der Waals surface area (Å²) in [7, 11) is 1.98. The van der Waals surface area contributed by atoms with Gasteiger partial charge in [-0.3, -0.25) is 4.79 Å². The average Bonchev–Trinajstić information content (AvgIpc) is 3.18. The van der Waals surface area contributed by atoms with Gasteiger partial charge < -0.3 is 14.2 Å². The SMILES string of the molecule is Cc1ccc(C)c(OCC(=O)N2CC(c3nncn3C)C3(CCC3)C2)c1. The van der Waals surface area contributed by atoms with Crippen molar-refractivity contribution in [3.05, 3.63) is 41.5 Å². The average molecular weight is 354 g/mol. The summed E-state index contributed by atoms with van der Waals surface area (Å²) in [5.74, 6) is 2.12. The lowest BCUT2D eigenvalue weighted by molar-refractivity contribution is -0.133. The van der Waals surface area contributed by atoms with E-state index in [4.69, 9.17) is 4.74 Å². The third-order valence-electron chi connectivity index (χ3n) is 6.10. The van der Waals surface area contributed by atoms with E-state index in [2.05, 4.69) is 16.3 Å². The number of aromatic nitrogens is 3. The van der Waals surface area contributed by atoms with E-state index in [-0.39, 0.29) is 23.8 Å². The molecule has 1 amide bonds. The molecule has 0 radical (unpaired) electrons. The molecule has 138 valence electrons. The molecule has 1 saturated heterocycles. The number of benzene rings is 1. The van der Waals surface area contributed by atoms with Crippen molar-refractivity contribution in [1.82, 2.24) is 19.7 Å². The van der Waals surface area contributed by atoms with Gasteiger partial charge in [0.2, 0.25) is 0 Å². The number of carbonyl (C=O) groups is 1. The summed E-state index contributed by atoms with van der Waals surface area (Å²) >= 11 is 0. The summed E-state index contributed by atoms with van der Waals surface area (Å²) in [5.41, 5.74) is 2.36. The van der Waals surface area contributed by atoms with Gasteiger partial charge in [0.05, 0.1) is 0 Å². The lowest BCUT2D eigenvalue weighted by atomic mass is 9.62. The summed E-state index contributed by atoms with van der Waals surface area (Å²) in [6.45, 7) is 5.63. The second kappa shape index (κ2) is 6.41. The van der Waals surface area contributed by atoms with Crippen molar-refractivity contribution in [2.45, 2.75) is 39.0 Å². The summed E-state index contributed by atoms with van der Waals surface area (Å²) < 4.78 is 7.83. The van der Waals surface area contributed by atoms with Crippen LogP contribution in [0.4, 0.5) is 0 Å². The molecule has 6 nitrogen and oxygen atoms in total. The van der Waals surface area contributed by atoms with E-state index in [1.54, 1.807) is 6.33 Å². The van der Waals surface area contributed by atoms with E-state index < -0.39 is 0 Å². The Balaban J connectivity index is 1.46. The van der Waals surface area contributed by atoms with Gasteiger partial charge in [-0.2, -0.15) is 0 Å². The first kappa shape index (κ1) is 17.1. The van der Waals surface area contributed by atoms with Gasteiger partial charge >= 0.3 is 0 Å². The molecule has 4 rings (SSSR count). The maximum Gasteiger partial charge on any atom is 0.260 e. The highest BCUT2D eigenvalue weighted by molar-refractivity contribution is 5.78. The zero-order valence-corrected chi connectivity index (χ0v) is 15.7. The van der Waals surface area contributed by atoms with E-state index >= 15 is 0 Å². The highest BCUT2D eigenvalue weighted by atomic mass is 16.5. The van der Waals surface area contributed by atoms with E-state index in [1.165, 1.54) is 6.42 Å². The fraction of sp³-hybridized carbons (Fsp3) is 0.550. The van der Waals surface area contributed by atoms with Crippen molar-refractivity contribution in [3.63, 3.8) is 0 Å². The molecule has 2 aromatic rings. The summed E-state index contributed by atoms with van der Waals surface area (Å²) in [6, 6.07) is 6.07. The second-order valence-corrected chi connectivity index (χ2v) is 7.90. The Morgan fingerprint density at radius 3 is 2.81 bits per heavy atom. The van der Waals surface area contributed by atoms with Crippen LogP contribution in [0, 0.1) is 19.3 Å². The van der Waals surface area contributed by atoms with Crippen LogP contribution in [0.2, 0.25) is 0 Å². The first-order chi connectivity index (χ1) is 12.5. The molecule has 26 heavy (non-hydrogen) atoms. The third kappa shape index (κ3) is 2.87. The van der Waals surface area contributed by atoms with E-state index in [0.717, 1.165) is 42.1 Å². The second-order valence-electron chi connectivity index (χ2n) is 7.90. The third-order valence-corrected chi connectivity index (χ3v) is 6.10. The topological polar surface area (TPSA) is 60.2 Å². The van der Waals surface area contributed by atoms with Crippen LogP contribution in [0.25, 0.3) is 0 Å².